The summed E-state index contributed by atoms with van der Waals surface area (Å²) in [5.41, 5.74) is 0. The van der Waals surface area contributed by atoms with E-state index in [4.69, 9.17) is 4.74 Å². The number of allylic oxidation sites excluding steroid dienone is 1. The van der Waals surface area contributed by atoms with Crippen molar-refractivity contribution < 1.29 is 4.74 Å². The summed E-state index contributed by atoms with van der Waals surface area (Å²) in [7, 11) is 0. The van der Waals surface area contributed by atoms with Gasteiger partial charge in [-0.2, -0.15) is 0 Å². The number of unbranched alkanes of at least 4 members (excludes halogenated alkanes) is 3. The molecule has 0 amide bonds. The van der Waals surface area contributed by atoms with Crippen molar-refractivity contribution in [2.45, 2.75) is 32.6 Å². The highest BCUT2D eigenvalue weighted by atomic mass is 16.5. The summed E-state index contributed by atoms with van der Waals surface area (Å²) >= 11 is 0. The Balaban J connectivity index is 2.70. The second-order valence-electron chi connectivity index (χ2n) is 2.24. The lowest BCUT2D eigenvalue weighted by Gasteiger charge is -1.98. The summed E-state index contributed by atoms with van der Waals surface area (Å²) in [6.45, 7) is 8.18. The molecular weight excluding hydrogens is 124 g/mol. The molecular formula is C9H17O. The second kappa shape index (κ2) is 8.70. The zero-order chi connectivity index (χ0) is 7.66. The Bertz CT molecular complexity index is 69.1. The van der Waals surface area contributed by atoms with Crippen LogP contribution in [-0.4, -0.2) is 6.61 Å². The topological polar surface area (TPSA) is 9.23 Å². The average Bonchev–Trinajstić information content (AvgIpc) is 1.97. The molecule has 0 aliphatic rings. The van der Waals surface area contributed by atoms with Crippen molar-refractivity contribution in [2.75, 3.05) is 6.61 Å². The van der Waals surface area contributed by atoms with Gasteiger partial charge in [0.05, 0.1) is 6.61 Å². The molecule has 0 rings (SSSR count). The highest BCUT2D eigenvalue weighted by molar-refractivity contribution is 4.65. The van der Waals surface area contributed by atoms with E-state index in [1.807, 2.05) is 13.0 Å². The maximum Gasteiger partial charge on any atom is 0.0805 e. The third kappa shape index (κ3) is 7.70. The minimum Gasteiger partial charge on any atom is -0.376 e. The van der Waals surface area contributed by atoms with Crippen LogP contribution in [0.15, 0.2) is 12.7 Å². The van der Waals surface area contributed by atoms with Crippen LogP contribution in [0.2, 0.25) is 0 Å². The molecule has 0 saturated carbocycles. The predicted octanol–water partition coefficient (Wildman–Crippen LogP) is 2.93. The summed E-state index contributed by atoms with van der Waals surface area (Å²) in [4.78, 5) is 0. The Kier molecular flexibility index (Phi) is 8.44. The van der Waals surface area contributed by atoms with Gasteiger partial charge in [-0.1, -0.05) is 12.5 Å². The molecule has 10 heavy (non-hydrogen) atoms. The van der Waals surface area contributed by atoms with E-state index in [0.29, 0.717) is 0 Å². The van der Waals surface area contributed by atoms with Gasteiger partial charge in [-0.15, -0.1) is 6.58 Å². The minimum absolute atomic E-state index is 0.869. The zero-order valence-electron chi connectivity index (χ0n) is 6.81. The van der Waals surface area contributed by atoms with Crippen molar-refractivity contribution in [1.82, 2.24) is 0 Å². The Morgan fingerprint density at radius 1 is 1.30 bits per heavy atom. The highest BCUT2D eigenvalue weighted by Gasteiger charge is 1.86. The molecule has 0 N–H and O–H groups in total. The first-order chi connectivity index (χ1) is 4.91. The summed E-state index contributed by atoms with van der Waals surface area (Å²) in [6, 6.07) is 0. The molecule has 0 aromatic rings. The van der Waals surface area contributed by atoms with Crippen LogP contribution < -0.4 is 0 Å². The van der Waals surface area contributed by atoms with Crippen LogP contribution in [-0.2, 0) is 4.74 Å². The van der Waals surface area contributed by atoms with Crippen LogP contribution in [0.25, 0.3) is 0 Å². The number of rotatable bonds is 7. The summed E-state index contributed by atoms with van der Waals surface area (Å²) in [5.74, 6) is 0. The molecule has 0 aromatic carbocycles. The molecule has 0 unspecified atom stereocenters. The van der Waals surface area contributed by atoms with E-state index < -0.39 is 0 Å². The van der Waals surface area contributed by atoms with Crippen molar-refractivity contribution in [3.63, 3.8) is 0 Å². The van der Waals surface area contributed by atoms with Gasteiger partial charge in [-0.05, 0) is 26.2 Å². The largest absolute Gasteiger partial charge is 0.376 e. The lowest BCUT2D eigenvalue weighted by molar-refractivity contribution is 0.198. The Labute approximate surface area is 64.1 Å². The number of hydrogen-bond donors (Lipinski definition) is 0. The molecule has 0 fully saturated rings. The van der Waals surface area contributed by atoms with Gasteiger partial charge in [0.25, 0.3) is 0 Å². The highest BCUT2D eigenvalue weighted by Crippen LogP contribution is 2.00. The summed E-state index contributed by atoms with van der Waals surface area (Å²) in [6.07, 6.45) is 6.76. The third-order valence-corrected chi connectivity index (χ3v) is 1.34. The van der Waals surface area contributed by atoms with Gasteiger partial charge >= 0.3 is 0 Å². The van der Waals surface area contributed by atoms with E-state index in [0.717, 1.165) is 19.4 Å². The Morgan fingerprint density at radius 3 is 2.70 bits per heavy atom. The molecule has 0 atom stereocenters. The van der Waals surface area contributed by atoms with Gasteiger partial charge in [-0.25, -0.2) is 0 Å². The Hall–Kier alpha value is -0.300. The van der Waals surface area contributed by atoms with Crippen molar-refractivity contribution >= 4 is 0 Å². The first kappa shape index (κ1) is 9.70. The Morgan fingerprint density at radius 2 is 2.10 bits per heavy atom. The molecule has 0 heterocycles. The van der Waals surface area contributed by atoms with Crippen molar-refractivity contribution in [2.24, 2.45) is 0 Å². The van der Waals surface area contributed by atoms with E-state index in [2.05, 4.69) is 6.58 Å². The lowest BCUT2D eigenvalue weighted by atomic mass is 10.2. The van der Waals surface area contributed by atoms with Crippen LogP contribution in [0.4, 0.5) is 0 Å². The average molecular weight is 141 g/mol. The molecule has 1 nitrogen and oxygen atoms in total. The molecule has 0 spiro atoms. The fraction of sp³-hybridized carbons (Fsp3) is 0.667. The number of hydrogen-bond acceptors (Lipinski definition) is 1. The van der Waals surface area contributed by atoms with Gasteiger partial charge in [-0.3, -0.25) is 0 Å². The number of ether oxygens (including phenoxy) is 1. The van der Waals surface area contributed by atoms with E-state index in [1.54, 1.807) is 6.61 Å². The SMILES string of the molecule is C=CCCCCCO[CH]C. The summed E-state index contributed by atoms with van der Waals surface area (Å²) < 4.78 is 5.06. The zero-order valence-corrected chi connectivity index (χ0v) is 6.81. The van der Waals surface area contributed by atoms with Crippen molar-refractivity contribution in [3.05, 3.63) is 19.3 Å². The summed E-state index contributed by atoms with van der Waals surface area (Å²) in [5, 5.41) is 0. The normalized spacial score (nSPS) is 9.70. The van der Waals surface area contributed by atoms with Crippen LogP contribution in [0.5, 0.6) is 0 Å². The quantitative estimate of drug-likeness (QED) is 0.391. The van der Waals surface area contributed by atoms with Crippen molar-refractivity contribution in [3.8, 4) is 0 Å². The molecule has 59 valence electrons. The van der Waals surface area contributed by atoms with Crippen molar-refractivity contribution in [1.29, 1.82) is 0 Å². The first-order valence-corrected chi connectivity index (χ1v) is 3.92. The molecule has 1 heteroatoms. The predicted molar refractivity (Wildman–Crippen MR) is 44.6 cm³/mol. The third-order valence-electron chi connectivity index (χ3n) is 1.34. The molecule has 0 aliphatic carbocycles. The van der Waals surface area contributed by atoms with E-state index >= 15 is 0 Å². The lowest BCUT2D eigenvalue weighted by Crippen LogP contribution is -1.88. The van der Waals surface area contributed by atoms with Crippen LogP contribution >= 0.6 is 0 Å². The fourth-order valence-corrected chi connectivity index (χ4v) is 0.769. The molecule has 1 radical (unpaired) electrons. The van der Waals surface area contributed by atoms with Gasteiger partial charge in [0.1, 0.15) is 0 Å². The molecule has 0 aliphatic heterocycles. The van der Waals surface area contributed by atoms with Gasteiger partial charge in [0.15, 0.2) is 0 Å². The van der Waals surface area contributed by atoms with Gasteiger partial charge in [0, 0.05) is 6.61 Å². The van der Waals surface area contributed by atoms with E-state index in [-0.39, 0.29) is 0 Å². The first-order valence-electron chi connectivity index (χ1n) is 3.92. The van der Waals surface area contributed by atoms with Gasteiger partial charge in [0.2, 0.25) is 0 Å². The molecule has 0 aromatic heterocycles. The standard InChI is InChI=1S/C9H17O/c1-3-5-6-7-8-9-10-4-2/h3-4H,1,5-9H2,2H3. The monoisotopic (exact) mass is 141 g/mol. The smallest absolute Gasteiger partial charge is 0.0805 e. The fourth-order valence-electron chi connectivity index (χ4n) is 0.769. The van der Waals surface area contributed by atoms with Crippen LogP contribution in [0.3, 0.4) is 0 Å². The second-order valence-corrected chi connectivity index (χ2v) is 2.24. The maximum atomic E-state index is 5.06. The maximum absolute atomic E-state index is 5.06. The van der Waals surface area contributed by atoms with Crippen LogP contribution in [0, 0.1) is 6.61 Å². The molecule has 0 saturated heterocycles. The van der Waals surface area contributed by atoms with E-state index in [1.165, 1.54) is 12.8 Å². The molecule has 0 bridgehead atoms. The minimum atomic E-state index is 0.869. The van der Waals surface area contributed by atoms with E-state index in [9.17, 15) is 0 Å². The van der Waals surface area contributed by atoms with Crippen LogP contribution in [0.1, 0.15) is 32.6 Å². The van der Waals surface area contributed by atoms with Gasteiger partial charge < -0.3 is 4.74 Å².